The summed E-state index contributed by atoms with van der Waals surface area (Å²) in [5.74, 6) is -0.946. The Hall–Kier alpha value is -2.94. The molecule has 0 saturated carbocycles. The Morgan fingerprint density at radius 3 is 2.62 bits per heavy atom. The molecule has 1 aromatic carbocycles. The fourth-order valence-electron chi connectivity index (χ4n) is 2.27. The lowest BCUT2D eigenvalue weighted by atomic mass is 10.1. The van der Waals surface area contributed by atoms with Crippen LogP contribution in [0.1, 0.15) is 19.8 Å². The number of amides is 2. The molecule has 1 atom stereocenters. The smallest absolute Gasteiger partial charge is 0.272 e. The first-order chi connectivity index (χ1) is 11.4. The van der Waals surface area contributed by atoms with Crippen molar-refractivity contribution in [1.82, 2.24) is 15.5 Å². The first-order valence-electron chi connectivity index (χ1n) is 7.50. The highest BCUT2D eigenvalue weighted by molar-refractivity contribution is 6.02. The molecule has 0 fully saturated rings. The first kappa shape index (κ1) is 17.4. The van der Waals surface area contributed by atoms with Crippen molar-refractivity contribution in [1.29, 1.82) is 0 Å². The highest BCUT2D eigenvalue weighted by Gasteiger charge is 2.14. The van der Waals surface area contributed by atoms with Gasteiger partial charge >= 0.3 is 0 Å². The Morgan fingerprint density at radius 2 is 1.92 bits per heavy atom. The van der Waals surface area contributed by atoms with Gasteiger partial charge in [-0.2, -0.15) is 0 Å². The largest absolute Gasteiger partial charge is 0.346 e. The molecule has 9 nitrogen and oxygen atoms in total. The van der Waals surface area contributed by atoms with E-state index in [0.29, 0.717) is 6.42 Å². The maximum atomic E-state index is 12.0. The molecule has 24 heavy (non-hydrogen) atoms. The third-order valence-electron chi connectivity index (χ3n) is 3.46. The Morgan fingerprint density at radius 1 is 1.21 bits per heavy atom. The minimum absolute atomic E-state index is 0.0728. The van der Waals surface area contributed by atoms with Crippen LogP contribution >= 0.6 is 0 Å². The molecule has 2 rings (SSSR count). The number of carbonyl (C=O) groups is 2. The van der Waals surface area contributed by atoms with Gasteiger partial charge in [0.05, 0.1) is 29.0 Å². The number of aromatic amines is 2. The minimum atomic E-state index is -0.665. The van der Waals surface area contributed by atoms with E-state index in [4.69, 9.17) is 5.73 Å². The molecule has 1 heterocycles. The molecule has 1 aromatic heterocycles. The van der Waals surface area contributed by atoms with Crippen LogP contribution in [-0.2, 0) is 9.59 Å². The molecule has 2 aromatic rings. The van der Waals surface area contributed by atoms with Crippen molar-refractivity contribution in [2.45, 2.75) is 25.8 Å². The number of nitrogens with two attached hydrogens (primary N) is 1. The summed E-state index contributed by atoms with van der Waals surface area (Å²) in [7, 11) is 0. The molecule has 0 aliphatic rings. The third kappa shape index (κ3) is 3.87. The zero-order valence-corrected chi connectivity index (χ0v) is 13.1. The third-order valence-corrected chi connectivity index (χ3v) is 3.46. The van der Waals surface area contributed by atoms with E-state index in [-0.39, 0.29) is 23.0 Å². The molecule has 0 aliphatic heterocycles. The van der Waals surface area contributed by atoms with Gasteiger partial charge in [-0.1, -0.05) is 19.4 Å². The molecule has 0 saturated heterocycles. The Balaban J connectivity index is 2.12. The standard InChI is InChI=1S/C15H19N5O4/c1-2-4-9(16)14(23)17-7-11(21)18-10-6-3-5-8-12(10)15(24)20-19-13(8)22/h3,5-6,9H,2,4,7,16H2,1H3,(H,17,23)(H,18,21)(H,19,22)(H,20,24). The van der Waals surface area contributed by atoms with Crippen LogP contribution in [0.2, 0.25) is 0 Å². The highest BCUT2D eigenvalue weighted by atomic mass is 16.2. The van der Waals surface area contributed by atoms with Crippen LogP contribution in [0.4, 0.5) is 5.69 Å². The molecule has 0 aliphatic carbocycles. The normalized spacial score (nSPS) is 11.9. The quantitative estimate of drug-likeness (QED) is 0.478. The number of hydrogen-bond donors (Lipinski definition) is 5. The van der Waals surface area contributed by atoms with E-state index < -0.39 is 29.0 Å². The second-order valence-corrected chi connectivity index (χ2v) is 5.30. The van der Waals surface area contributed by atoms with Gasteiger partial charge in [-0.25, -0.2) is 0 Å². The molecule has 128 valence electrons. The number of H-pyrrole nitrogens is 2. The van der Waals surface area contributed by atoms with Gasteiger partial charge < -0.3 is 16.4 Å². The molecule has 1 unspecified atom stereocenters. The second kappa shape index (κ2) is 7.55. The average molecular weight is 333 g/mol. The summed E-state index contributed by atoms with van der Waals surface area (Å²) in [4.78, 5) is 47.3. The van der Waals surface area contributed by atoms with Crippen LogP contribution in [-0.4, -0.2) is 34.6 Å². The van der Waals surface area contributed by atoms with E-state index in [1.165, 1.54) is 12.1 Å². The van der Waals surface area contributed by atoms with Gasteiger partial charge in [0.1, 0.15) is 0 Å². The second-order valence-electron chi connectivity index (χ2n) is 5.30. The van der Waals surface area contributed by atoms with E-state index in [9.17, 15) is 19.2 Å². The molecule has 0 spiro atoms. The van der Waals surface area contributed by atoms with Gasteiger partial charge in [-0.3, -0.25) is 29.4 Å². The zero-order valence-electron chi connectivity index (χ0n) is 13.1. The lowest BCUT2D eigenvalue weighted by Gasteiger charge is -2.12. The number of hydrogen-bond acceptors (Lipinski definition) is 5. The van der Waals surface area contributed by atoms with Gasteiger partial charge in [-0.15, -0.1) is 0 Å². The number of carbonyl (C=O) groups excluding carboxylic acids is 2. The Kier molecular flexibility index (Phi) is 5.48. The molecule has 0 radical (unpaired) electrons. The fraction of sp³-hybridized carbons (Fsp3) is 0.333. The van der Waals surface area contributed by atoms with Crippen LogP contribution in [0.5, 0.6) is 0 Å². The predicted molar refractivity (Wildman–Crippen MR) is 89.7 cm³/mol. The minimum Gasteiger partial charge on any atom is -0.346 e. The van der Waals surface area contributed by atoms with E-state index in [1.807, 2.05) is 6.92 Å². The molecular formula is C15H19N5O4. The molecule has 0 bridgehead atoms. The van der Waals surface area contributed by atoms with Crippen molar-refractivity contribution >= 4 is 28.3 Å². The van der Waals surface area contributed by atoms with Gasteiger partial charge in [-0.05, 0) is 18.6 Å². The van der Waals surface area contributed by atoms with E-state index in [2.05, 4.69) is 20.8 Å². The molecule has 9 heteroatoms. The van der Waals surface area contributed by atoms with Crippen molar-refractivity contribution in [3.05, 3.63) is 38.9 Å². The van der Waals surface area contributed by atoms with Gasteiger partial charge in [0.2, 0.25) is 11.8 Å². The highest BCUT2D eigenvalue weighted by Crippen LogP contribution is 2.16. The Labute approximate surface area is 136 Å². The van der Waals surface area contributed by atoms with Crippen molar-refractivity contribution in [3.8, 4) is 0 Å². The van der Waals surface area contributed by atoms with Gasteiger partial charge in [0, 0.05) is 0 Å². The van der Waals surface area contributed by atoms with Crippen LogP contribution in [0.15, 0.2) is 27.8 Å². The summed E-state index contributed by atoms with van der Waals surface area (Å²) < 4.78 is 0. The summed E-state index contributed by atoms with van der Waals surface area (Å²) in [5.41, 5.74) is 4.84. The van der Waals surface area contributed by atoms with Crippen LogP contribution in [0.3, 0.4) is 0 Å². The van der Waals surface area contributed by atoms with E-state index in [1.54, 1.807) is 6.07 Å². The molecule has 6 N–H and O–H groups in total. The fourth-order valence-corrected chi connectivity index (χ4v) is 2.27. The number of rotatable bonds is 6. The van der Waals surface area contributed by atoms with Crippen molar-refractivity contribution < 1.29 is 9.59 Å². The van der Waals surface area contributed by atoms with E-state index in [0.717, 1.165) is 6.42 Å². The lowest BCUT2D eigenvalue weighted by molar-refractivity contribution is -0.125. The summed E-state index contributed by atoms with van der Waals surface area (Å²) in [6.07, 6.45) is 1.28. The van der Waals surface area contributed by atoms with Crippen molar-refractivity contribution in [2.75, 3.05) is 11.9 Å². The van der Waals surface area contributed by atoms with Crippen LogP contribution < -0.4 is 27.5 Å². The topological polar surface area (TPSA) is 150 Å². The predicted octanol–water partition coefficient (Wildman–Crippen LogP) is -0.601. The SMILES string of the molecule is CCCC(N)C(=O)NCC(=O)Nc1cccc2c(=O)[nH][nH]c(=O)c12. The Bertz CT molecular complexity index is 870. The number of nitrogens with one attached hydrogen (secondary N) is 4. The van der Waals surface area contributed by atoms with Gasteiger partial charge in [0.25, 0.3) is 11.1 Å². The maximum absolute atomic E-state index is 12.0. The summed E-state index contributed by atoms with van der Waals surface area (Å²) in [5, 5.41) is 9.59. The van der Waals surface area contributed by atoms with Crippen LogP contribution in [0, 0.1) is 0 Å². The lowest BCUT2D eigenvalue weighted by Crippen LogP contribution is -2.43. The summed E-state index contributed by atoms with van der Waals surface area (Å²) in [6, 6.07) is 3.86. The van der Waals surface area contributed by atoms with E-state index >= 15 is 0 Å². The number of aromatic nitrogens is 2. The van der Waals surface area contributed by atoms with Crippen LogP contribution in [0.25, 0.3) is 10.8 Å². The summed E-state index contributed by atoms with van der Waals surface area (Å²) >= 11 is 0. The molecular weight excluding hydrogens is 314 g/mol. The monoisotopic (exact) mass is 333 g/mol. The number of anilines is 1. The number of benzene rings is 1. The summed E-state index contributed by atoms with van der Waals surface area (Å²) in [6.45, 7) is 1.62. The molecule has 2 amide bonds. The maximum Gasteiger partial charge on any atom is 0.272 e. The average Bonchev–Trinajstić information content (AvgIpc) is 2.56. The van der Waals surface area contributed by atoms with Crippen molar-refractivity contribution in [3.63, 3.8) is 0 Å². The first-order valence-corrected chi connectivity index (χ1v) is 7.50. The number of fused-ring (bicyclic) bond motifs is 1. The van der Waals surface area contributed by atoms with Crippen molar-refractivity contribution in [2.24, 2.45) is 5.73 Å². The zero-order chi connectivity index (χ0) is 17.7. The van der Waals surface area contributed by atoms with Gasteiger partial charge in [0.15, 0.2) is 0 Å².